The zero-order valence-corrected chi connectivity index (χ0v) is 12.0. The van der Waals surface area contributed by atoms with Gasteiger partial charge >= 0.3 is 0 Å². The molecule has 4 heteroatoms. The number of aromatic hydroxyl groups is 1. The van der Waals surface area contributed by atoms with E-state index in [1.807, 2.05) is 30.5 Å². The number of nitriles is 1. The average molecular weight is 320 g/mol. The summed E-state index contributed by atoms with van der Waals surface area (Å²) in [4.78, 5) is 1.12. The number of phenolic OH excluding ortho intramolecular Hbond substituents is 1. The van der Waals surface area contributed by atoms with Gasteiger partial charge in [-0.2, -0.15) is 5.26 Å². The Bertz CT molecular complexity index is 634. The van der Waals surface area contributed by atoms with E-state index in [1.165, 1.54) is 0 Å². The van der Waals surface area contributed by atoms with E-state index < -0.39 is 0 Å². The Morgan fingerprint density at radius 3 is 2.72 bits per heavy atom. The molecular weight excluding hydrogens is 310 g/mol. The zero-order valence-electron chi connectivity index (χ0n) is 9.64. The first kappa shape index (κ1) is 13.0. The summed E-state index contributed by atoms with van der Waals surface area (Å²) in [6.07, 6.45) is 2.00. The van der Waals surface area contributed by atoms with Gasteiger partial charge in [-0.05, 0) is 52.0 Å². The molecule has 0 aliphatic rings. The Morgan fingerprint density at radius 1 is 1.28 bits per heavy atom. The number of nitrogens with zero attached hydrogens (tertiary/aromatic N) is 1. The van der Waals surface area contributed by atoms with Crippen molar-refractivity contribution in [2.45, 2.75) is 4.90 Å². The molecule has 18 heavy (non-hydrogen) atoms. The second kappa shape index (κ2) is 5.47. The van der Waals surface area contributed by atoms with Crippen molar-refractivity contribution in [1.82, 2.24) is 0 Å². The van der Waals surface area contributed by atoms with Crippen LogP contribution in [0.2, 0.25) is 0 Å². The van der Waals surface area contributed by atoms with Crippen molar-refractivity contribution in [3.63, 3.8) is 0 Å². The van der Waals surface area contributed by atoms with Crippen LogP contribution in [0.5, 0.6) is 5.75 Å². The van der Waals surface area contributed by atoms with Crippen molar-refractivity contribution >= 4 is 27.7 Å². The molecule has 2 aromatic rings. The van der Waals surface area contributed by atoms with Crippen LogP contribution in [0.1, 0.15) is 5.56 Å². The molecule has 0 spiro atoms. The average Bonchev–Trinajstić information content (AvgIpc) is 2.41. The maximum absolute atomic E-state index is 10.1. The van der Waals surface area contributed by atoms with Gasteiger partial charge in [0.05, 0.1) is 16.1 Å². The van der Waals surface area contributed by atoms with Crippen LogP contribution in [0.15, 0.2) is 45.8 Å². The van der Waals surface area contributed by atoms with Crippen molar-refractivity contribution < 1.29 is 5.11 Å². The molecule has 0 saturated heterocycles. The molecule has 0 aliphatic carbocycles. The van der Waals surface area contributed by atoms with Gasteiger partial charge in [-0.1, -0.05) is 12.1 Å². The lowest BCUT2D eigenvalue weighted by molar-refractivity contribution is 0.474. The van der Waals surface area contributed by atoms with E-state index in [1.54, 1.807) is 23.9 Å². The summed E-state index contributed by atoms with van der Waals surface area (Å²) < 4.78 is 0.533. The molecule has 0 heterocycles. The molecule has 0 aliphatic heterocycles. The molecule has 0 atom stereocenters. The van der Waals surface area contributed by atoms with E-state index in [0.29, 0.717) is 15.6 Å². The van der Waals surface area contributed by atoms with Gasteiger partial charge < -0.3 is 5.11 Å². The smallest absolute Gasteiger partial charge is 0.137 e. The van der Waals surface area contributed by atoms with Crippen LogP contribution in [-0.2, 0) is 0 Å². The van der Waals surface area contributed by atoms with Crippen LogP contribution in [0.3, 0.4) is 0 Å². The predicted octanol–water partition coefficient (Wildman–Crippen LogP) is 4.42. The molecule has 0 bridgehead atoms. The summed E-state index contributed by atoms with van der Waals surface area (Å²) in [7, 11) is 0. The third kappa shape index (κ3) is 2.53. The van der Waals surface area contributed by atoms with E-state index in [-0.39, 0.29) is 5.75 Å². The fourth-order valence-electron chi connectivity index (χ4n) is 1.67. The van der Waals surface area contributed by atoms with Gasteiger partial charge in [-0.25, -0.2) is 0 Å². The third-order valence-corrected chi connectivity index (χ3v) is 3.90. The first-order valence-electron chi connectivity index (χ1n) is 5.22. The minimum Gasteiger partial charge on any atom is -0.506 e. The van der Waals surface area contributed by atoms with Gasteiger partial charge in [-0.15, -0.1) is 11.8 Å². The van der Waals surface area contributed by atoms with Crippen LogP contribution in [0.4, 0.5) is 0 Å². The summed E-state index contributed by atoms with van der Waals surface area (Å²) >= 11 is 4.90. The minimum absolute atomic E-state index is 0.159. The normalized spacial score (nSPS) is 10.1. The number of thioether (sulfide) groups is 1. The van der Waals surface area contributed by atoms with Gasteiger partial charge in [0, 0.05) is 10.5 Å². The summed E-state index contributed by atoms with van der Waals surface area (Å²) in [5.41, 5.74) is 2.08. The van der Waals surface area contributed by atoms with Gasteiger partial charge in [0.1, 0.15) is 5.75 Å². The highest BCUT2D eigenvalue weighted by atomic mass is 79.9. The lowest BCUT2D eigenvalue weighted by Gasteiger charge is -2.08. The largest absolute Gasteiger partial charge is 0.506 e. The molecule has 2 nitrogen and oxygen atoms in total. The van der Waals surface area contributed by atoms with Crippen LogP contribution in [-0.4, -0.2) is 11.4 Å². The number of benzene rings is 2. The number of rotatable bonds is 2. The standard InChI is InChI=1S/C14H10BrNOS/c1-18-11-4-2-3-10(7-11)12-5-9(8-16)6-13(15)14(12)17/h2-7,17H,1H3. The van der Waals surface area contributed by atoms with Crippen molar-refractivity contribution in [3.8, 4) is 22.9 Å². The molecule has 2 aromatic carbocycles. The Balaban J connectivity index is 2.63. The lowest BCUT2D eigenvalue weighted by atomic mass is 10.0. The Morgan fingerprint density at radius 2 is 2.06 bits per heavy atom. The topological polar surface area (TPSA) is 44.0 Å². The Kier molecular flexibility index (Phi) is 3.95. The highest BCUT2D eigenvalue weighted by Crippen LogP contribution is 2.37. The minimum atomic E-state index is 0.159. The molecule has 1 N–H and O–H groups in total. The fraction of sp³-hybridized carbons (Fsp3) is 0.0714. The third-order valence-electron chi connectivity index (χ3n) is 2.57. The first-order chi connectivity index (χ1) is 8.65. The highest BCUT2D eigenvalue weighted by Gasteiger charge is 2.10. The lowest BCUT2D eigenvalue weighted by Crippen LogP contribution is -1.84. The number of halogens is 1. The van der Waals surface area contributed by atoms with Crippen molar-refractivity contribution in [2.75, 3.05) is 6.26 Å². The van der Waals surface area contributed by atoms with E-state index >= 15 is 0 Å². The van der Waals surface area contributed by atoms with E-state index in [0.717, 1.165) is 10.5 Å². The van der Waals surface area contributed by atoms with Crippen molar-refractivity contribution in [2.24, 2.45) is 0 Å². The van der Waals surface area contributed by atoms with Gasteiger partial charge in [0.2, 0.25) is 0 Å². The van der Waals surface area contributed by atoms with Crippen LogP contribution in [0.25, 0.3) is 11.1 Å². The molecule has 0 amide bonds. The number of hydrogen-bond acceptors (Lipinski definition) is 3. The number of hydrogen-bond donors (Lipinski definition) is 1. The predicted molar refractivity (Wildman–Crippen MR) is 77.7 cm³/mol. The molecule has 0 fully saturated rings. The number of phenols is 1. The van der Waals surface area contributed by atoms with Crippen molar-refractivity contribution in [1.29, 1.82) is 5.26 Å². The van der Waals surface area contributed by atoms with E-state index in [4.69, 9.17) is 5.26 Å². The highest BCUT2D eigenvalue weighted by molar-refractivity contribution is 9.10. The maximum Gasteiger partial charge on any atom is 0.137 e. The van der Waals surface area contributed by atoms with Crippen LogP contribution in [0, 0.1) is 11.3 Å². The quantitative estimate of drug-likeness (QED) is 0.833. The monoisotopic (exact) mass is 319 g/mol. The maximum atomic E-state index is 10.1. The summed E-state index contributed by atoms with van der Waals surface area (Å²) in [6, 6.07) is 13.2. The summed E-state index contributed by atoms with van der Waals surface area (Å²) in [5, 5.41) is 19.0. The molecule has 2 rings (SSSR count). The molecular formula is C14H10BrNOS. The molecule has 0 saturated carbocycles. The molecule has 0 unspecified atom stereocenters. The zero-order chi connectivity index (χ0) is 13.1. The molecule has 0 radical (unpaired) electrons. The van der Waals surface area contributed by atoms with E-state index in [9.17, 15) is 5.11 Å². The SMILES string of the molecule is CSc1cccc(-c2cc(C#N)cc(Br)c2O)c1. The van der Waals surface area contributed by atoms with Crippen LogP contribution >= 0.6 is 27.7 Å². The Labute approximate surface area is 118 Å². The van der Waals surface area contributed by atoms with Gasteiger partial charge in [0.15, 0.2) is 0 Å². The first-order valence-corrected chi connectivity index (χ1v) is 7.24. The summed E-state index contributed by atoms with van der Waals surface area (Å²) in [5.74, 6) is 0.159. The van der Waals surface area contributed by atoms with Gasteiger partial charge in [0.25, 0.3) is 0 Å². The second-order valence-corrected chi connectivity index (χ2v) is 5.43. The molecule has 90 valence electrons. The Hall–Kier alpha value is -1.44. The summed E-state index contributed by atoms with van der Waals surface area (Å²) in [6.45, 7) is 0. The van der Waals surface area contributed by atoms with Crippen molar-refractivity contribution in [3.05, 3.63) is 46.4 Å². The fourth-order valence-corrected chi connectivity index (χ4v) is 2.59. The van der Waals surface area contributed by atoms with Crippen LogP contribution < -0.4 is 0 Å². The second-order valence-electron chi connectivity index (χ2n) is 3.70. The van der Waals surface area contributed by atoms with E-state index in [2.05, 4.69) is 22.0 Å². The molecule has 0 aromatic heterocycles. The van der Waals surface area contributed by atoms with Gasteiger partial charge in [-0.3, -0.25) is 0 Å².